The van der Waals surface area contributed by atoms with Crippen LogP contribution in [0.25, 0.3) is 181 Å². The van der Waals surface area contributed by atoms with Crippen molar-refractivity contribution in [2.45, 2.75) is 38.5 Å². The first kappa shape index (κ1) is 57.9. The van der Waals surface area contributed by atoms with Crippen LogP contribution < -0.4 is 0 Å². The summed E-state index contributed by atoms with van der Waals surface area (Å²) in [6.45, 7) is 9.52. The van der Waals surface area contributed by atoms with Gasteiger partial charge in [0.1, 0.15) is 22.3 Å². The third-order valence-corrected chi connectivity index (χ3v) is 24.5. The maximum atomic E-state index is 6.36. The normalized spacial score (nSPS) is 16.4. The molecule has 4 heteroatoms. The van der Waals surface area contributed by atoms with Crippen LogP contribution in [0, 0.1) is 11.8 Å². The fourth-order valence-corrected chi connectivity index (χ4v) is 19.9. The van der Waals surface area contributed by atoms with Crippen molar-refractivity contribution in [2.24, 2.45) is 11.8 Å². The van der Waals surface area contributed by atoms with Crippen LogP contribution in [0.5, 0.6) is 0 Å². The molecule has 5 aliphatic carbocycles. The Morgan fingerprint density at radius 1 is 0.279 bits per heavy atom. The van der Waals surface area contributed by atoms with Crippen molar-refractivity contribution in [3.8, 4) is 44.8 Å². The van der Waals surface area contributed by atoms with Crippen LogP contribution in [0.4, 0.5) is 0 Å². The van der Waals surface area contributed by atoms with Gasteiger partial charge in [0.05, 0.1) is 22.1 Å². The van der Waals surface area contributed by atoms with Crippen LogP contribution in [-0.4, -0.2) is 9.13 Å². The number of hydrogen-bond acceptors (Lipinski definition) is 2. The minimum atomic E-state index is -0.207. The molecule has 4 aromatic heterocycles. The molecule has 2 unspecified atom stereocenters. The third-order valence-electron chi connectivity index (χ3n) is 24.5. The molecular formula is C100H66N2O2. The molecule has 0 saturated heterocycles. The molecule has 24 rings (SSSR count). The predicted molar refractivity (Wildman–Crippen MR) is 436 cm³/mol. The van der Waals surface area contributed by atoms with Gasteiger partial charge in [0.15, 0.2) is 0 Å². The fraction of sp³-hybridized carbons (Fsp3) is 0.0800. The minimum absolute atomic E-state index is 0.198. The summed E-state index contributed by atoms with van der Waals surface area (Å²) >= 11 is 0. The minimum Gasteiger partial charge on any atom is -0.456 e. The van der Waals surface area contributed by atoms with E-state index in [0.717, 1.165) is 28.0 Å². The van der Waals surface area contributed by atoms with Gasteiger partial charge in [0.25, 0.3) is 0 Å². The smallest absolute Gasteiger partial charge is 0.135 e. The predicted octanol–water partition coefficient (Wildman–Crippen LogP) is 26.8. The molecule has 104 heavy (non-hydrogen) atoms. The molecule has 15 aromatic carbocycles. The average Bonchev–Trinajstić information content (AvgIpc) is 1.35. The summed E-state index contributed by atoms with van der Waals surface area (Å²) in [5, 5.41) is 17.8. The zero-order valence-electron chi connectivity index (χ0n) is 57.9. The van der Waals surface area contributed by atoms with Crippen LogP contribution in [0.15, 0.2) is 324 Å². The van der Waals surface area contributed by atoms with Crippen LogP contribution in [0.2, 0.25) is 0 Å². The maximum Gasteiger partial charge on any atom is 0.135 e. The van der Waals surface area contributed by atoms with Crippen LogP contribution in [0.3, 0.4) is 0 Å². The largest absolute Gasteiger partial charge is 0.456 e. The second kappa shape index (κ2) is 20.9. The Hall–Kier alpha value is -12.8. The molecule has 0 N–H and O–H groups in total. The Kier molecular flexibility index (Phi) is 11.7. The van der Waals surface area contributed by atoms with Gasteiger partial charge < -0.3 is 18.0 Å². The standard InChI is InChI=1S/C51H33NO.C49H33NO/c1-51(2)44-29-46-43(28-42(44)39-25-26-48-49(50(39)51)40-16-8-10-18-47(40)53-48)38-15-7-9-17-45(38)52(46)32-22-19-30(20-23-32)31-21-24-37-35-13-4-3-11-33(35)34-12-5-6-14-36(34)41(37)27-31;1-49(2)41-27-43-40(26-39(41)37-24-25-45-47(48(37)49)38-13-6-8-17-44(38)51-45)33-12-5-7-16-42(33)50(43)29-20-18-28(19-21-29)30-22-23-36-32-11-4-3-10-31(32)35-15-9-14-34(30)46(35)36/h3-29H,1-2H3;3-27,34,46H,1-2H3. The molecule has 4 nitrogen and oxygen atoms in total. The van der Waals surface area contributed by atoms with Gasteiger partial charge >= 0.3 is 0 Å². The molecule has 0 spiro atoms. The molecule has 2 atom stereocenters. The van der Waals surface area contributed by atoms with Gasteiger partial charge in [-0.2, -0.15) is 0 Å². The van der Waals surface area contributed by atoms with Crippen molar-refractivity contribution >= 4 is 137 Å². The molecular weight excluding hydrogens is 1260 g/mol. The highest BCUT2D eigenvalue weighted by atomic mass is 16.3. The highest BCUT2D eigenvalue weighted by Crippen LogP contribution is 2.59. The number of nitrogens with zero attached hydrogens (tertiary/aromatic N) is 2. The molecule has 4 heterocycles. The zero-order valence-corrected chi connectivity index (χ0v) is 57.9. The lowest BCUT2D eigenvalue weighted by Gasteiger charge is -2.31. The number of hydrogen-bond donors (Lipinski definition) is 0. The monoisotopic (exact) mass is 1330 g/mol. The van der Waals surface area contributed by atoms with E-state index in [9.17, 15) is 0 Å². The van der Waals surface area contributed by atoms with E-state index in [-0.39, 0.29) is 10.8 Å². The van der Waals surface area contributed by atoms with E-state index >= 15 is 0 Å². The van der Waals surface area contributed by atoms with Gasteiger partial charge in [-0.3, -0.25) is 0 Å². The molecule has 5 aliphatic rings. The van der Waals surface area contributed by atoms with E-state index in [1.165, 1.54) is 192 Å². The maximum absolute atomic E-state index is 6.36. The number of rotatable bonds is 4. The van der Waals surface area contributed by atoms with Crippen molar-refractivity contribution in [2.75, 3.05) is 0 Å². The molecule has 0 aliphatic heterocycles. The molecule has 0 radical (unpaired) electrons. The van der Waals surface area contributed by atoms with Gasteiger partial charge in [-0.1, -0.05) is 252 Å². The lowest BCUT2D eigenvalue weighted by molar-refractivity contribution is 0.657. The SMILES string of the molecule is CC1(C)c2cc3c(cc2-c2ccc4oc5ccccc5c4c21)c1ccccc1n3-c1ccc(-c2ccc3c4ccccc4c4ccccc4c3c2)cc1.CC1(C)c2cc3c(cc2-c2ccc4oc5ccccc5c4c21)c1ccccc1n3-c1ccc(C2=CC=C3c4ccccc4C4=CC=CC2C43)cc1. The van der Waals surface area contributed by atoms with Crippen LogP contribution >= 0.6 is 0 Å². The summed E-state index contributed by atoms with van der Waals surface area (Å²) in [4.78, 5) is 0. The van der Waals surface area contributed by atoms with Crippen molar-refractivity contribution in [3.05, 3.63) is 354 Å². The molecule has 488 valence electrons. The Morgan fingerprint density at radius 2 is 0.692 bits per heavy atom. The summed E-state index contributed by atoms with van der Waals surface area (Å²) in [5.41, 5.74) is 32.2. The number of allylic oxidation sites excluding steroid dienone is 8. The van der Waals surface area contributed by atoms with Gasteiger partial charge in [-0.15, -0.1) is 0 Å². The van der Waals surface area contributed by atoms with Crippen molar-refractivity contribution in [1.29, 1.82) is 0 Å². The summed E-state index contributed by atoms with van der Waals surface area (Å²) in [6.07, 6.45) is 11.7. The first-order valence-electron chi connectivity index (χ1n) is 36.6. The summed E-state index contributed by atoms with van der Waals surface area (Å²) in [7, 11) is 0. The Bertz CT molecular complexity index is 7170. The first-order valence-corrected chi connectivity index (χ1v) is 36.6. The van der Waals surface area contributed by atoms with E-state index < -0.39 is 0 Å². The van der Waals surface area contributed by atoms with Gasteiger partial charge in [0, 0.05) is 77.1 Å². The third kappa shape index (κ3) is 7.81. The zero-order chi connectivity index (χ0) is 68.6. The van der Waals surface area contributed by atoms with E-state index in [1.54, 1.807) is 0 Å². The fourth-order valence-electron chi connectivity index (χ4n) is 19.9. The Balaban J connectivity index is 0.000000127. The number of aromatic nitrogens is 2. The van der Waals surface area contributed by atoms with Gasteiger partial charge in [-0.05, 0) is 212 Å². The second-order valence-electron chi connectivity index (χ2n) is 30.4. The lowest BCUT2D eigenvalue weighted by Crippen LogP contribution is -2.18. The molecule has 0 saturated carbocycles. The molecule has 19 aromatic rings. The molecule has 0 bridgehead atoms. The Morgan fingerprint density at radius 3 is 1.21 bits per heavy atom. The van der Waals surface area contributed by atoms with Crippen molar-refractivity contribution < 1.29 is 8.83 Å². The van der Waals surface area contributed by atoms with E-state index in [2.05, 4.69) is 352 Å². The van der Waals surface area contributed by atoms with Crippen molar-refractivity contribution in [1.82, 2.24) is 9.13 Å². The molecule has 0 amide bonds. The number of fused-ring (bicyclic) bond motifs is 29. The van der Waals surface area contributed by atoms with Crippen molar-refractivity contribution in [3.63, 3.8) is 0 Å². The highest BCUT2D eigenvalue weighted by Gasteiger charge is 2.43. The number of para-hydroxylation sites is 4. The highest BCUT2D eigenvalue weighted by molar-refractivity contribution is 6.26. The van der Waals surface area contributed by atoms with Crippen LogP contribution in [-0.2, 0) is 10.8 Å². The van der Waals surface area contributed by atoms with E-state index in [1.807, 2.05) is 0 Å². The quantitative estimate of drug-likeness (QED) is 0.165. The van der Waals surface area contributed by atoms with Gasteiger partial charge in [-0.25, -0.2) is 0 Å². The number of furan rings is 2. The average molecular weight is 1330 g/mol. The van der Waals surface area contributed by atoms with E-state index in [4.69, 9.17) is 8.83 Å². The lowest BCUT2D eigenvalue weighted by atomic mass is 9.72. The van der Waals surface area contributed by atoms with Crippen LogP contribution in [0.1, 0.15) is 66.6 Å². The first-order chi connectivity index (χ1) is 51.1. The second-order valence-corrected chi connectivity index (χ2v) is 30.4. The van der Waals surface area contributed by atoms with E-state index in [0.29, 0.717) is 11.8 Å². The Labute approximate surface area is 600 Å². The summed E-state index contributed by atoms with van der Waals surface area (Å²) in [5.74, 6) is 0.724. The number of benzene rings is 15. The summed E-state index contributed by atoms with van der Waals surface area (Å²) < 4.78 is 17.6. The topological polar surface area (TPSA) is 36.1 Å². The molecule has 0 fully saturated rings. The summed E-state index contributed by atoms with van der Waals surface area (Å²) in [6, 6.07) is 105. The van der Waals surface area contributed by atoms with Gasteiger partial charge in [0.2, 0.25) is 0 Å².